The van der Waals surface area contributed by atoms with Crippen molar-refractivity contribution in [2.24, 2.45) is 51.6 Å². The van der Waals surface area contributed by atoms with E-state index in [0.717, 1.165) is 25.0 Å². The van der Waals surface area contributed by atoms with Crippen LogP contribution in [-0.2, 0) is 19.1 Å². The van der Waals surface area contributed by atoms with Crippen LogP contribution in [0.4, 0.5) is 0 Å². The van der Waals surface area contributed by atoms with Gasteiger partial charge >= 0.3 is 5.97 Å². The van der Waals surface area contributed by atoms with E-state index in [1.54, 1.807) is 4.90 Å². The van der Waals surface area contributed by atoms with Gasteiger partial charge in [-0.15, -0.1) is 18.3 Å². The topological polar surface area (TPSA) is 110 Å². The summed E-state index contributed by atoms with van der Waals surface area (Å²) in [7, 11) is 0. The predicted octanol–water partition coefficient (Wildman–Crippen LogP) is 4.07. The Balaban J connectivity index is 1.45. The second-order valence-corrected chi connectivity index (χ2v) is 15.0. The monoisotopic (exact) mass is 562 g/mol. The molecule has 4 rings (SSSR count). The number of Topliss-reactive ketones (excluding diaryl/α,β-unsaturated/α-hetero) is 1. The fraction of sp³-hybridized carbons (Fsp3) is 0.839. The first-order valence-electron chi connectivity index (χ1n) is 14.9. The molecule has 0 spiro atoms. The van der Waals surface area contributed by atoms with Gasteiger partial charge < -0.3 is 20.5 Å². The van der Waals surface area contributed by atoms with Crippen LogP contribution in [0, 0.1) is 45.8 Å². The van der Waals surface area contributed by atoms with Crippen LogP contribution in [0.3, 0.4) is 0 Å². The molecule has 2 bridgehead atoms. The first kappa shape index (κ1) is 30.6. The van der Waals surface area contributed by atoms with E-state index < -0.39 is 29.1 Å². The van der Waals surface area contributed by atoms with E-state index in [4.69, 9.17) is 10.5 Å². The van der Waals surface area contributed by atoms with Crippen LogP contribution < -0.4 is 5.73 Å². The zero-order valence-electron chi connectivity index (χ0n) is 24.8. The summed E-state index contributed by atoms with van der Waals surface area (Å²) in [6.07, 6.45) is 4.35. The van der Waals surface area contributed by atoms with Crippen LogP contribution >= 0.6 is 11.8 Å². The number of thioether (sulfide) groups is 1. The molecule has 7 nitrogen and oxygen atoms in total. The minimum atomic E-state index is -0.662. The average Bonchev–Trinajstić information content (AvgIpc) is 3.22. The molecule has 1 amide bonds. The molecule has 4 aliphatic rings. The van der Waals surface area contributed by atoms with Crippen molar-refractivity contribution in [3.05, 3.63) is 12.7 Å². The van der Waals surface area contributed by atoms with Gasteiger partial charge in [-0.05, 0) is 48.9 Å². The maximum Gasteiger partial charge on any atom is 0.316 e. The number of hydrogen-bond donors (Lipinski definition) is 2. The SMILES string of the molecule is C=C[C@]1(C)C[C@@H](OC(=O)CSCC2CN(C(=O)[C@H](N)C(C)C)C2)[C@]2(C)C(C)CC[C@]3(CCC(=O)C32)[C@@H](C)[C@@H]1O. The van der Waals surface area contributed by atoms with E-state index in [-0.39, 0.29) is 52.5 Å². The number of aliphatic hydroxyl groups is 1. The van der Waals surface area contributed by atoms with Crippen molar-refractivity contribution in [3.8, 4) is 0 Å². The summed E-state index contributed by atoms with van der Waals surface area (Å²) < 4.78 is 6.32. The minimum absolute atomic E-state index is 0.00379. The molecule has 1 saturated heterocycles. The molecule has 0 aromatic rings. The summed E-state index contributed by atoms with van der Waals surface area (Å²) in [4.78, 5) is 41.0. The Bertz CT molecular complexity index is 982. The highest BCUT2D eigenvalue weighted by atomic mass is 32.2. The predicted molar refractivity (Wildman–Crippen MR) is 155 cm³/mol. The van der Waals surface area contributed by atoms with Crippen LogP contribution in [0.25, 0.3) is 0 Å². The van der Waals surface area contributed by atoms with Gasteiger partial charge in [0.25, 0.3) is 0 Å². The molecular formula is C31H50N2O5S. The number of hydrogen-bond acceptors (Lipinski definition) is 7. The number of ether oxygens (including phenoxy) is 1. The van der Waals surface area contributed by atoms with Gasteiger partial charge in [0.1, 0.15) is 11.9 Å². The second kappa shape index (κ2) is 11.1. The fourth-order valence-electron chi connectivity index (χ4n) is 8.35. The van der Waals surface area contributed by atoms with Crippen LogP contribution in [0.1, 0.15) is 73.6 Å². The lowest BCUT2D eigenvalue weighted by Gasteiger charge is -2.61. The van der Waals surface area contributed by atoms with Crippen molar-refractivity contribution in [1.29, 1.82) is 0 Å². The summed E-state index contributed by atoms with van der Waals surface area (Å²) in [5, 5.41) is 11.6. The zero-order chi connectivity index (χ0) is 28.9. The van der Waals surface area contributed by atoms with E-state index in [1.165, 1.54) is 11.8 Å². The van der Waals surface area contributed by atoms with Gasteiger partial charge in [0, 0.05) is 47.9 Å². The van der Waals surface area contributed by atoms with Gasteiger partial charge in [0.05, 0.1) is 17.9 Å². The zero-order valence-corrected chi connectivity index (χ0v) is 25.6. The Morgan fingerprint density at radius 1 is 1.26 bits per heavy atom. The molecule has 3 aliphatic carbocycles. The first-order chi connectivity index (χ1) is 18.2. The summed E-state index contributed by atoms with van der Waals surface area (Å²) in [5.74, 6) is 1.42. The van der Waals surface area contributed by atoms with Crippen molar-refractivity contribution in [2.45, 2.75) is 91.9 Å². The lowest BCUT2D eigenvalue weighted by Crippen LogP contribution is -2.63. The summed E-state index contributed by atoms with van der Waals surface area (Å²) in [5.41, 5.74) is 4.62. The number of esters is 1. The highest BCUT2D eigenvalue weighted by Crippen LogP contribution is 2.68. The molecule has 3 saturated carbocycles. The van der Waals surface area contributed by atoms with Crippen LogP contribution in [0.5, 0.6) is 0 Å². The molecule has 220 valence electrons. The number of amides is 1. The smallest absolute Gasteiger partial charge is 0.316 e. The lowest BCUT2D eigenvalue weighted by molar-refractivity contribution is -0.205. The molecular weight excluding hydrogens is 512 g/mol. The number of likely N-dealkylation sites (tertiary alicyclic amines) is 1. The fourth-order valence-corrected chi connectivity index (χ4v) is 9.25. The molecule has 8 heteroatoms. The molecule has 1 aliphatic heterocycles. The van der Waals surface area contributed by atoms with E-state index in [9.17, 15) is 19.5 Å². The third-order valence-corrected chi connectivity index (χ3v) is 12.6. The van der Waals surface area contributed by atoms with Gasteiger partial charge in [-0.3, -0.25) is 14.4 Å². The minimum Gasteiger partial charge on any atom is -0.461 e. The number of carbonyl (C=O) groups excluding carboxylic acids is 3. The van der Waals surface area contributed by atoms with Crippen molar-refractivity contribution < 1.29 is 24.2 Å². The molecule has 1 heterocycles. The average molecular weight is 563 g/mol. The quantitative estimate of drug-likeness (QED) is 0.339. The largest absolute Gasteiger partial charge is 0.461 e. The van der Waals surface area contributed by atoms with Crippen LogP contribution in [-0.4, -0.2) is 70.5 Å². The van der Waals surface area contributed by atoms with E-state index >= 15 is 0 Å². The molecule has 0 aromatic carbocycles. The van der Waals surface area contributed by atoms with E-state index in [1.807, 2.05) is 26.8 Å². The normalized spacial score (nSPS) is 41.3. The van der Waals surface area contributed by atoms with Gasteiger partial charge in [0.15, 0.2) is 0 Å². The Hall–Kier alpha value is -1.38. The maximum atomic E-state index is 13.5. The Morgan fingerprint density at radius 3 is 2.54 bits per heavy atom. The van der Waals surface area contributed by atoms with Crippen molar-refractivity contribution in [1.82, 2.24) is 4.90 Å². The standard InChI is InChI=1S/C31H50N2O5S/c1-8-29(6)13-23(38-24(35)17-39-16-21-14-33(15-21)28(37)25(32)18(2)3)30(7)19(4)9-11-31(20(5)27(29)36)12-10-22(34)26(30)31/h8,18-21,23,25-27,36H,1,9-17,32H2,2-7H3/t19?,20-,23+,25+,26?,27-,29+,30-,31-/m0/s1. The Morgan fingerprint density at radius 2 is 1.92 bits per heavy atom. The van der Waals surface area contributed by atoms with Gasteiger partial charge in [-0.25, -0.2) is 0 Å². The number of ketones is 1. The van der Waals surface area contributed by atoms with E-state index in [0.29, 0.717) is 31.8 Å². The Labute approximate surface area is 239 Å². The molecule has 4 fully saturated rings. The van der Waals surface area contributed by atoms with Crippen LogP contribution in [0.15, 0.2) is 12.7 Å². The third kappa shape index (κ3) is 5.12. The Kier molecular flexibility index (Phi) is 8.72. The third-order valence-electron chi connectivity index (χ3n) is 11.4. The molecule has 0 radical (unpaired) electrons. The summed E-state index contributed by atoms with van der Waals surface area (Å²) >= 11 is 1.54. The molecule has 3 N–H and O–H groups in total. The van der Waals surface area contributed by atoms with Gasteiger partial charge in [0.2, 0.25) is 5.91 Å². The molecule has 0 aromatic heterocycles. The number of nitrogens with two attached hydrogens (primary N) is 1. The van der Waals surface area contributed by atoms with Gasteiger partial charge in [-0.1, -0.05) is 47.6 Å². The molecule has 39 heavy (non-hydrogen) atoms. The number of nitrogens with zero attached hydrogens (tertiary/aromatic N) is 1. The van der Waals surface area contributed by atoms with Crippen molar-refractivity contribution in [2.75, 3.05) is 24.6 Å². The van der Waals surface area contributed by atoms with Gasteiger partial charge in [-0.2, -0.15) is 0 Å². The number of rotatable bonds is 8. The van der Waals surface area contributed by atoms with Crippen molar-refractivity contribution in [3.63, 3.8) is 0 Å². The first-order valence-corrected chi connectivity index (χ1v) is 16.0. The molecule has 2 unspecified atom stereocenters. The maximum absolute atomic E-state index is 13.5. The second-order valence-electron chi connectivity index (χ2n) is 14.0. The van der Waals surface area contributed by atoms with E-state index in [2.05, 4.69) is 27.4 Å². The molecule has 9 atom stereocenters. The van der Waals surface area contributed by atoms with Crippen LogP contribution in [0.2, 0.25) is 0 Å². The lowest BCUT2D eigenvalue weighted by atomic mass is 9.44. The summed E-state index contributed by atoms with van der Waals surface area (Å²) in [6, 6.07) is -0.464. The number of aliphatic hydroxyl groups excluding tert-OH is 1. The summed E-state index contributed by atoms with van der Waals surface area (Å²) in [6.45, 7) is 17.8. The number of carbonyl (C=O) groups is 3. The van der Waals surface area contributed by atoms with Crippen molar-refractivity contribution >= 4 is 29.4 Å². The highest BCUT2D eigenvalue weighted by Gasteiger charge is 2.68. The highest BCUT2D eigenvalue weighted by molar-refractivity contribution is 7.99.